The Morgan fingerprint density at radius 2 is 1.81 bits per heavy atom. The number of anilines is 1. The molecule has 2 rings (SSSR count). The number of sulfonamides is 1. The van der Waals surface area contributed by atoms with Crippen molar-refractivity contribution in [2.75, 3.05) is 18.9 Å². The van der Waals surface area contributed by atoms with Crippen molar-refractivity contribution in [3.63, 3.8) is 0 Å². The fourth-order valence-corrected chi connectivity index (χ4v) is 3.69. The third-order valence-corrected chi connectivity index (χ3v) is 5.50. The van der Waals surface area contributed by atoms with E-state index in [2.05, 4.69) is 15.4 Å². The van der Waals surface area contributed by atoms with Crippen LogP contribution in [-0.4, -0.2) is 33.8 Å². The van der Waals surface area contributed by atoms with Crippen molar-refractivity contribution in [1.82, 2.24) is 10.0 Å². The molecule has 0 unspecified atom stereocenters. The zero-order valence-electron chi connectivity index (χ0n) is 14.3. The second-order valence-corrected chi connectivity index (χ2v) is 8.04. The standard InChI is InChI=1S/C17H17Cl2N3O4S/c1-20-17(24)14-10-12(5-6-15(14)19)22-16(23)7-8-21-27(25,26)13-4-2-3-11(18)9-13/h2-6,9-10,21H,7-8H2,1H3,(H,20,24)(H,22,23). The molecule has 0 aliphatic rings. The molecule has 0 fully saturated rings. The summed E-state index contributed by atoms with van der Waals surface area (Å²) in [6.07, 6.45) is -0.0995. The van der Waals surface area contributed by atoms with Gasteiger partial charge in [0.2, 0.25) is 15.9 Å². The number of nitrogens with one attached hydrogen (secondary N) is 3. The zero-order chi connectivity index (χ0) is 20.0. The quantitative estimate of drug-likeness (QED) is 0.628. The lowest BCUT2D eigenvalue weighted by Gasteiger charge is -2.09. The molecule has 144 valence electrons. The van der Waals surface area contributed by atoms with Crippen LogP contribution >= 0.6 is 23.2 Å². The first-order chi connectivity index (χ1) is 12.7. The van der Waals surface area contributed by atoms with Crippen molar-refractivity contribution in [1.29, 1.82) is 0 Å². The summed E-state index contributed by atoms with van der Waals surface area (Å²) in [5, 5.41) is 5.59. The van der Waals surface area contributed by atoms with Gasteiger partial charge in [0.05, 0.1) is 15.5 Å². The van der Waals surface area contributed by atoms with Crippen LogP contribution in [0.2, 0.25) is 10.0 Å². The van der Waals surface area contributed by atoms with Crippen molar-refractivity contribution in [3.8, 4) is 0 Å². The number of carbonyl (C=O) groups excluding carboxylic acids is 2. The Morgan fingerprint density at radius 1 is 1.07 bits per heavy atom. The Bertz CT molecular complexity index is 964. The van der Waals surface area contributed by atoms with E-state index in [1.165, 1.54) is 37.4 Å². The number of amides is 2. The maximum Gasteiger partial charge on any atom is 0.252 e. The molecule has 0 atom stereocenters. The Labute approximate surface area is 167 Å². The second kappa shape index (κ2) is 9.18. The van der Waals surface area contributed by atoms with Gasteiger partial charge in [-0.3, -0.25) is 9.59 Å². The number of rotatable bonds is 7. The van der Waals surface area contributed by atoms with E-state index in [9.17, 15) is 18.0 Å². The minimum absolute atomic E-state index is 0.0170. The highest BCUT2D eigenvalue weighted by Gasteiger charge is 2.15. The first-order valence-corrected chi connectivity index (χ1v) is 10.0. The van der Waals surface area contributed by atoms with Gasteiger partial charge in [-0.25, -0.2) is 13.1 Å². The van der Waals surface area contributed by atoms with Gasteiger partial charge in [0.1, 0.15) is 0 Å². The van der Waals surface area contributed by atoms with Crippen LogP contribution in [-0.2, 0) is 14.8 Å². The van der Waals surface area contributed by atoms with Gasteiger partial charge in [0, 0.05) is 30.7 Å². The van der Waals surface area contributed by atoms with Gasteiger partial charge in [-0.2, -0.15) is 0 Å². The van der Waals surface area contributed by atoms with Gasteiger partial charge in [-0.05, 0) is 36.4 Å². The molecule has 0 aliphatic carbocycles. The predicted octanol–water partition coefficient (Wildman–Crippen LogP) is 2.66. The summed E-state index contributed by atoms with van der Waals surface area (Å²) in [5.74, 6) is -0.806. The molecule has 0 aliphatic heterocycles. The van der Waals surface area contributed by atoms with Crippen LogP contribution in [0.5, 0.6) is 0 Å². The molecule has 3 N–H and O–H groups in total. The number of hydrogen-bond acceptors (Lipinski definition) is 4. The van der Waals surface area contributed by atoms with Crippen LogP contribution in [0.3, 0.4) is 0 Å². The largest absolute Gasteiger partial charge is 0.355 e. The van der Waals surface area contributed by atoms with Gasteiger partial charge in [-0.15, -0.1) is 0 Å². The van der Waals surface area contributed by atoms with Gasteiger partial charge in [0.25, 0.3) is 5.91 Å². The number of benzene rings is 2. The third-order valence-electron chi connectivity index (χ3n) is 3.47. The SMILES string of the molecule is CNC(=O)c1cc(NC(=O)CCNS(=O)(=O)c2cccc(Cl)c2)ccc1Cl. The first kappa shape index (κ1) is 21.2. The van der Waals surface area contributed by atoms with Gasteiger partial charge in [-0.1, -0.05) is 29.3 Å². The lowest BCUT2D eigenvalue weighted by Crippen LogP contribution is -2.28. The molecular weight excluding hydrogens is 413 g/mol. The zero-order valence-corrected chi connectivity index (χ0v) is 16.6. The molecule has 0 radical (unpaired) electrons. The highest BCUT2D eigenvalue weighted by molar-refractivity contribution is 7.89. The van der Waals surface area contributed by atoms with Crippen molar-refractivity contribution >= 4 is 50.7 Å². The molecule has 27 heavy (non-hydrogen) atoms. The van der Waals surface area contributed by atoms with Crippen molar-refractivity contribution in [2.24, 2.45) is 0 Å². The lowest BCUT2D eigenvalue weighted by atomic mass is 10.2. The summed E-state index contributed by atoms with van der Waals surface area (Å²) < 4.78 is 26.6. The summed E-state index contributed by atoms with van der Waals surface area (Å²) >= 11 is 11.7. The summed E-state index contributed by atoms with van der Waals surface area (Å²) in [5.41, 5.74) is 0.597. The topological polar surface area (TPSA) is 104 Å². The van der Waals surface area contributed by atoms with E-state index in [1.54, 1.807) is 12.1 Å². The molecule has 10 heteroatoms. The summed E-state index contributed by atoms with van der Waals surface area (Å²) in [6.45, 7) is -0.101. The molecule has 2 amide bonds. The predicted molar refractivity (Wildman–Crippen MR) is 105 cm³/mol. The van der Waals surface area contributed by atoms with Crippen LogP contribution in [0.4, 0.5) is 5.69 Å². The molecule has 0 aromatic heterocycles. The van der Waals surface area contributed by atoms with E-state index in [-0.39, 0.29) is 34.4 Å². The Balaban J connectivity index is 1.94. The molecule has 0 bridgehead atoms. The van der Waals surface area contributed by atoms with Crippen LogP contribution in [0.15, 0.2) is 47.4 Å². The fraction of sp³-hybridized carbons (Fsp3) is 0.176. The van der Waals surface area contributed by atoms with Gasteiger partial charge < -0.3 is 10.6 Å². The molecule has 7 nitrogen and oxygen atoms in total. The van der Waals surface area contributed by atoms with Gasteiger partial charge in [0.15, 0.2) is 0 Å². The van der Waals surface area contributed by atoms with Gasteiger partial charge >= 0.3 is 0 Å². The smallest absolute Gasteiger partial charge is 0.252 e. The highest BCUT2D eigenvalue weighted by Crippen LogP contribution is 2.20. The monoisotopic (exact) mass is 429 g/mol. The first-order valence-electron chi connectivity index (χ1n) is 7.79. The number of halogens is 2. The second-order valence-electron chi connectivity index (χ2n) is 5.43. The normalized spacial score (nSPS) is 11.1. The molecule has 0 heterocycles. The average Bonchev–Trinajstić information content (AvgIpc) is 2.62. The van der Waals surface area contributed by atoms with E-state index in [4.69, 9.17) is 23.2 Å². The number of carbonyl (C=O) groups is 2. The van der Waals surface area contributed by atoms with E-state index in [1.807, 2.05) is 0 Å². The fourth-order valence-electron chi connectivity index (χ4n) is 2.15. The summed E-state index contributed by atoms with van der Waals surface area (Å²) in [4.78, 5) is 23.8. The molecule has 2 aromatic carbocycles. The van der Waals surface area contributed by atoms with E-state index in [0.717, 1.165) is 0 Å². The lowest BCUT2D eigenvalue weighted by molar-refractivity contribution is -0.116. The molecule has 0 spiro atoms. The van der Waals surface area contributed by atoms with E-state index >= 15 is 0 Å². The van der Waals surface area contributed by atoms with Crippen LogP contribution in [0, 0.1) is 0 Å². The van der Waals surface area contributed by atoms with Crippen molar-refractivity contribution < 1.29 is 18.0 Å². The van der Waals surface area contributed by atoms with Crippen molar-refractivity contribution in [3.05, 3.63) is 58.1 Å². The molecular formula is C17H17Cl2N3O4S. The van der Waals surface area contributed by atoms with E-state index in [0.29, 0.717) is 10.7 Å². The summed E-state index contributed by atoms with van der Waals surface area (Å²) in [7, 11) is -2.29. The third kappa shape index (κ3) is 5.93. The minimum Gasteiger partial charge on any atom is -0.355 e. The van der Waals surface area contributed by atoms with Crippen LogP contribution < -0.4 is 15.4 Å². The summed E-state index contributed by atoms with van der Waals surface area (Å²) in [6, 6.07) is 10.3. The van der Waals surface area contributed by atoms with Crippen LogP contribution in [0.1, 0.15) is 16.8 Å². The number of hydrogen-bond donors (Lipinski definition) is 3. The van der Waals surface area contributed by atoms with Crippen molar-refractivity contribution in [2.45, 2.75) is 11.3 Å². The minimum atomic E-state index is -3.76. The van der Waals surface area contributed by atoms with Crippen LogP contribution in [0.25, 0.3) is 0 Å². The Kier molecular flexibility index (Phi) is 7.20. The Morgan fingerprint density at radius 3 is 2.48 bits per heavy atom. The highest BCUT2D eigenvalue weighted by atomic mass is 35.5. The maximum absolute atomic E-state index is 12.2. The molecule has 2 aromatic rings. The average molecular weight is 430 g/mol. The van der Waals surface area contributed by atoms with E-state index < -0.39 is 15.9 Å². The Hall–Kier alpha value is -2.13. The maximum atomic E-state index is 12.2. The molecule has 0 saturated carbocycles. The molecule has 0 saturated heterocycles.